The molecule has 0 fully saturated rings. The highest BCUT2D eigenvalue weighted by Gasteiger charge is 2.48. The van der Waals surface area contributed by atoms with Crippen molar-refractivity contribution >= 4 is 17.3 Å². The van der Waals surface area contributed by atoms with Crippen LogP contribution in [0.2, 0.25) is 0 Å². The largest absolute Gasteiger partial charge is 0.441 e. The molecule has 0 saturated heterocycles. The second-order valence-electron chi connectivity index (χ2n) is 5.89. The van der Waals surface area contributed by atoms with Crippen LogP contribution in [0.15, 0.2) is 83.2 Å². The van der Waals surface area contributed by atoms with Crippen LogP contribution in [0.1, 0.15) is 27.0 Å². The summed E-state index contributed by atoms with van der Waals surface area (Å²) in [5.74, 6) is -0.434. The summed E-state index contributed by atoms with van der Waals surface area (Å²) >= 11 is 0. The average molecular weight is 344 g/mol. The van der Waals surface area contributed by atoms with Crippen LogP contribution >= 0.6 is 0 Å². The van der Waals surface area contributed by atoms with Crippen molar-refractivity contribution in [1.82, 2.24) is 0 Å². The van der Waals surface area contributed by atoms with E-state index in [0.717, 1.165) is 0 Å². The molecule has 0 N–H and O–H groups in total. The number of carbonyl (C=O) groups is 1. The van der Waals surface area contributed by atoms with Gasteiger partial charge in [0.15, 0.2) is 5.60 Å². The molecule has 6 heteroatoms. The van der Waals surface area contributed by atoms with Crippen molar-refractivity contribution < 1.29 is 9.53 Å². The molecule has 1 aliphatic heterocycles. The predicted molar refractivity (Wildman–Crippen MR) is 95.5 cm³/mol. The first kappa shape index (κ1) is 15.8. The molecule has 4 rings (SSSR count). The van der Waals surface area contributed by atoms with Crippen LogP contribution in [-0.4, -0.2) is 5.97 Å². The molecule has 0 unspecified atom stereocenters. The lowest BCUT2D eigenvalue weighted by Gasteiger charge is -2.30. The lowest BCUT2D eigenvalue weighted by Crippen LogP contribution is -2.29. The van der Waals surface area contributed by atoms with Crippen molar-refractivity contribution in [1.29, 1.82) is 0 Å². The summed E-state index contributed by atoms with van der Waals surface area (Å²) in [4.78, 5) is 34.0. The minimum Gasteiger partial charge on any atom is -0.441 e. The van der Waals surface area contributed by atoms with Crippen LogP contribution in [0.4, 0.5) is 11.4 Å². The quantitative estimate of drug-likeness (QED) is 0.495. The highest BCUT2D eigenvalue weighted by molar-refractivity contribution is 5.96. The van der Waals surface area contributed by atoms with Gasteiger partial charge < -0.3 is 4.74 Å². The van der Waals surface area contributed by atoms with Crippen molar-refractivity contribution in [2.24, 2.45) is 10.4 Å². The van der Waals surface area contributed by atoms with Gasteiger partial charge in [-0.25, -0.2) is 4.79 Å². The van der Waals surface area contributed by atoms with Gasteiger partial charge in [-0.1, -0.05) is 42.5 Å². The fourth-order valence-electron chi connectivity index (χ4n) is 3.33. The smallest absolute Gasteiger partial charge is 0.340 e. The van der Waals surface area contributed by atoms with Crippen LogP contribution in [0.3, 0.4) is 0 Å². The van der Waals surface area contributed by atoms with Crippen LogP contribution in [-0.2, 0) is 10.3 Å². The van der Waals surface area contributed by atoms with Gasteiger partial charge in [0, 0.05) is 16.7 Å². The molecule has 0 radical (unpaired) electrons. The molecule has 1 aliphatic rings. The first-order chi connectivity index (χ1) is 12.7. The van der Waals surface area contributed by atoms with E-state index in [0.29, 0.717) is 22.3 Å². The molecule has 26 heavy (non-hydrogen) atoms. The molecule has 0 aromatic heterocycles. The Morgan fingerprint density at radius 2 is 1.19 bits per heavy atom. The van der Waals surface area contributed by atoms with Crippen LogP contribution in [0, 0.1) is 9.81 Å². The molecule has 126 valence electrons. The van der Waals surface area contributed by atoms with Crippen LogP contribution in [0.25, 0.3) is 0 Å². The third-order valence-electron chi connectivity index (χ3n) is 4.53. The van der Waals surface area contributed by atoms with Crippen molar-refractivity contribution in [3.63, 3.8) is 0 Å². The minimum absolute atomic E-state index is 0.280. The fraction of sp³-hybridized carbons (Fsp3) is 0.0500. The van der Waals surface area contributed by atoms with Crippen LogP contribution in [0.5, 0.6) is 0 Å². The molecule has 0 bridgehead atoms. The standard InChI is InChI=1S/C20H12N2O4/c23-19-17-3-1-2-4-18(17)20(26-19,13-5-9-15(21-24)10-6-13)14-7-11-16(22-25)12-8-14/h1-12H. The Balaban J connectivity index is 1.99. The molecule has 3 aromatic rings. The van der Waals surface area contributed by atoms with Crippen molar-refractivity contribution in [3.8, 4) is 0 Å². The SMILES string of the molecule is O=Nc1ccc(C2(c3ccc(N=O)cc3)OC(=O)c3ccccc32)cc1. The highest BCUT2D eigenvalue weighted by Crippen LogP contribution is 2.47. The van der Waals surface area contributed by atoms with Gasteiger partial charge >= 0.3 is 5.97 Å². The van der Waals surface area contributed by atoms with Gasteiger partial charge in [0.05, 0.1) is 5.56 Å². The molecule has 0 spiro atoms. The number of hydrogen-bond donors (Lipinski definition) is 0. The zero-order valence-electron chi connectivity index (χ0n) is 13.5. The Labute approximate surface area is 148 Å². The van der Waals surface area contributed by atoms with Gasteiger partial charge in [-0.3, -0.25) is 0 Å². The third-order valence-corrected chi connectivity index (χ3v) is 4.53. The van der Waals surface area contributed by atoms with Gasteiger partial charge in [-0.15, -0.1) is 9.81 Å². The van der Waals surface area contributed by atoms with E-state index in [4.69, 9.17) is 4.74 Å². The number of fused-ring (bicyclic) bond motifs is 1. The lowest BCUT2D eigenvalue weighted by molar-refractivity contribution is 0.0251. The zero-order chi connectivity index (χ0) is 18.1. The Bertz CT molecular complexity index is 959. The average Bonchev–Trinajstić information content (AvgIpc) is 3.02. The normalized spacial score (nSPS) is 14.4. The van der Waals surface area contributed by atoms with Crippen molar-refractivity contribution in [3.05, 3.63) is 105 Å². The number of nitroso groups, excluding NO2 is 2. The Hall–Kier alpha value is -3.67. The predicted octanol–water partition coefficient (Wildman–Crippen LogP) is 4.94. The van der Waals surface area contributed by atoms with E-state index in [-0.39, 0.29) is 11.4 Å². The highest BCUT2D eigenvalue weighted by atomic mass is 16.6. The maximum atomic E-state index is 12.5. The Morgan fingerprint density at radius 1 is 0.692 bits per heavy atom. The molecule has 0 aliphatic carbocycles. The number of esters is 1. The zero-order valence-corrected chi connectivity index (χ0v) is 13.5. The number of ether oxygens (including phenoxy) is 1. The lowest BCUT2D eigenvalue weighted by atomic mass is 9.80. The number of hydrogen-bond acceptors (Lipinski definition) is 6. The topological polar surface area (TPSA) is 85.2 Å². The summed E-state index contributed by atoms with van der Waals surface area (Å²) in [5.41, 5.74) is 1.91. The van der Waals surface area contributed by atoms with E-state index >= 15 is 0 Å². The summed E-state index contributed by atoms with van der Waals surface area (Å²) < 4.78 is 5.88. The molecule has 1 heterocycles. The van der Waals surface area contributed by atoms with Crippen LogP contribution < -0.4 is 0 Å². The van der Waals surface area contributed by atoms with Crippen molar-refractivity contribution in [2.75, 3.05) is 0 Å². The Morgan fingerprint density at radius 3 is 1.69 bits per heavy atom. The molecule has 6 nitrogen and oxygen atoms in total. The molecular formula is C20H12N2O4. The first-order valence-electron chi connectivity index (χ1n) is 7.89. The summed E-state index contributed by atoms with van der Waals surface area (Å²) in [5, 5.41) is 5.82. The molecule has 0 atom stereocenters. The molecule has 0 amide bonds. The third kappa shape index (κ3) is 2.23. The summed E-state index contributed by atoms with van der Waals surface area (Å²) in [6.45, 7) is 0. The second kappa shape index (κ2) is 6.00. The maximum Gasteiger partial charge on any atom is 0.340 e. The van der Waals surface area contributed by atoms with Gasteiger partial charge in [-0.05, 0) is 40.7 Å². The van der Waals surface area contributed by atoms with Gasteiger partial charge in [0.1, 0.15) is 11.4 Å². The number of rotatable bonds is 4. The number of nitrogens with zero attached hydrogens (tertiary/aromatic N) is 2. The van der Waals surface area contributed by atoms with E-state index in [2.05, 4.69) is 10.4 Å². The number of carbonyl (C=O) groups excluding carboxylic acids is 1. The van der Waals surface area contributed by atoms with Gasteiger partial charge in [0.25, 0.3) is 0 Å². The van der Waals surface area contributed by atoms with Gasteiger partial charge in [0.2, 0.25) is 0 Å². The minimum atomic E-state index is -1.17. The number of benzene rings is 3. The molecule has 0 saturated carbocycles. The van der Waals surface area contributed by atoms with E-state index < -0.39 is 11.6 Å². The van der Waals surface area contributed by atoms with E-state index in [1.807, 2.05) is 12.1 Å². The fourth-order valence-corrected chi connectivity index (χ4v) is 3.33. The second-order valence-corrected chi connectivity index (χ2v) is 5.89. The van der Waals surface area contributed by atoms with E-state index in [1.54, 1.807) is 60.7 Å². The summed E-state index contributed by atoms with van der Waals surface area (Å²) in [6.07, 6.45) is 0. The molecular weight excluding hydrogens is 332 g/mol. The summed E-state index contributed by atoms with van der Waals surface area (Å²) in [7, 11) is 0. The molecule has 3 aromatic carbocycles. The first-order valence-corrected chi connectivity index (χ1v) is 7.89. The maximum absolute atomic E-state index is 12.5. The van der Waals surface area contributed by atoms with Crippen molar-refractivity contribution in [2.45, 2.75) is 5.60 Å². The van der Waals surface area contributed by atoms with Gasteiger partial charge in [-0.2, -0.15) is 0 Å². The van der Waals surface area contributed by atoms with E-state index in [9.17, 15) is 14.6 Å². The number of cyclic esters (lactones) is 1. The summed E-state index contributed by atoms with van der Waals surface area (Å²) in [6, 6.07) is 20.3. The Kier molecular flexibility index (Phi) is 3.65. The monoisotopic (exact) mass is 344 g/mol. The van der Waals surface area contributed by atoms with E-state index in [1.165, 1.54) is 0 Å².